The van der Waals surface area contributed by atoms with Crippen LogP contribution in [0, 0.1) is 5.92 Å². The molecule has 0 unspecified atom stereocenters. The highest BCUT2D eigenvalue weighted by molar-refractivity contribution is 5.95. The summed E-state index contributed by atoms with van der Waals surface area (Å²) < 4.78 is 10.5. The van der Waals surface area contributed by atoms with Crippen LogP contribution in [-0.2, 0) is 4.79 Å². The Hall–Kier alpha value is -3.55. The number of hydrogen-bond acceptors (Lipinski definition) is 5. The zero-order valence-electron chi connectivity index (χ0n) is 19.7. The average molecular weight is 466 g/mol. The maximum atomic E-state index is 13.1. The highest BCUT2D eigenvalue weighted by Crippen LogP contribution is 2.26. The van der Waals surface area contributed by atoms with Crippen LogP contribution in [0.4, 0.5) is 0 Å². The van der Waals surface area contributed by atoms with Crippen LogP contribution in [0.5, 0.6) is 11.5 Å². The molecule has 4 rings (SSSR count). The van der Waals surface area contributed by atoms with Gasteiger partial charge in [-0.1, -0.05) is 18.2 Å². The summed E-state index contributed by atoms with van der Waals surface area (Å²) in [7, 11) is 3.11. The van der Waals surface area contributed by atoms with E-state index in [1.165, 1.54) is 0 Å². The molecule has 0 radical (unpaired) electrons. The van der Waals surface area contributed by atoms with Crippen LogP contribution in [-0.4, -0.2) is 85.9 Å². The molecule has 180 valence electrons. The van der Waals surface area contributed by atoms with Gasteiger partial charge in [0.05, 0.1) is 14.2 Å². The summed E-state index contributed by atoms with van der Waals surface area (Å²) in [6.45, 7) is 3.21. The molecule has 34 heavy (non-hydrogen) atoms. The van der Waals surface area contributed by atoms with Crippen molar-refractivity contribution < 1.29 is 23.9 Å². The molecule has 2 aliphatic heterocycles. The third-order valence-corrected chi connectivity index (χ3v) is 6.63. The second-order valence-corrected chi connectivity index (χ2v) is 8.65. The molecule has 2 fully saturated rings. The van der Waals surface area contributed by atoms with Crippen molar-refractivity contribution >= 4 is 17.7 Å². The minimum atomic E-state index is -0.0970. The van der Waals surface area contributed by atoms with Crippen molar-refractivity contribution in [1.82, 2.24) is 14.7 Å². The first-order valence-corrected chi connectivity index (χ1v) is 11.7. The molecule has 2 aromatic carbocycles. The van der Waals surface area contributed by atoms with E-state index in [1.807, 2.05) is 40.1 Å². The Labute approximate surface area is 200 Å². The van der Waals surface area contributed by atoms with Crippen molar-refractivity contribution in [1.29, 1.82) is 0 Å². The molecular formula is C26H31N3O5. The third-order valence-electron chi connectivity index (χ3n) is 6.63. The Morgan fingerprint density at radius 1 is 0.676 bits per heavy atom. The van der Waals surface area contributed by atoms with Crippen LogP contribution in [0.2, 0.25) is 0 Å². The fourth-order valence-corrected chi connectivity index (χ4v) is 4.59. The predicted octanol–water partition coefficient (Wildman–Crippen LogP) is 2.54. The third kappa shape index (κ3) is 5.16. The molecule has 0 saturated carbocycles. The van der Waals surface area contributed by atoms with Gasteiger partial charge in [0.15, 0.2) is 0 Å². The summed E-state index contributed by atoms with van der Waals surface area (Å²) in [4.78, 5) is 44.2. The predicted molar refractivity (Wildman–Crippen MR) is 127 cm³/mol. The first-order chi connectivity index (χ1) is 16.5. The Morgan fingerprint density at radius 3 is 1.74 bits per heavy atom. The monoisotopic (exact) mass is 465 g/mol. The Balaban J connectivity index is 1.29. The number of nitrogens with zero attached hydrogens (tertiary/aromatic N) is 3. The van der Waals surface area contributed by atoms with Crippen LogP contribution in [0.25, 0.3) is 0 Å². The molecule has 0 N–H and O–H groups in total. The second kappa shape index (κ2) is 10.6. The smallest absolute Gasteiger partial charge is 0.254 e. The van der Waals surface area contributed by atoms with Gasteiger partial charge in [0.1, 0.15) is 11.5 Å². The van der Waals surface area contributed by atoms with Crippen LogP contribution in [0.15, 0.2) is 48.5 Å². The molecule has 8 nitrogen and oxygen atoms in total. The van der Waals surface area contributed by atoms with Crippen molar-refractivity contribution in [2.75, 3.05) is 53.5 Å². The molecule has 2 saturated heterocycles. The summed E-state index contributed by atoms with van der Waals surface area (Å²) >= 11 is 0. The summed E-state index contributed by atoms with van der Waals surface area (Å²) in [5.41, 5.74) is 1.19. The number of methoxy groups -OCH3 is 2. The lowest BCUT2D eigenvalue weighted by molar-refractivity contribution is -0.138. The standard InChI is InChI=1S/C26H31N3O5/c1-33-22-16-21(17-23(18-22)34-2)26(32)27-10-8-20(9-11-27)25(31)29-14-12-28(13-15-29)24(30)19-6-4-3-5-7-19/h3-7,16-18,20H,8-15H2,1-2H3. The zero-order valence-corrected chi connectivity index (χ0v) is 19.7. The van der Waals surface area contributed by atoms with Gasteiger partial charge in [0.2, 0.25) is 5.91 Å². The fourth-order valence-electron chi connectivity index (χ4n) is 4.59. The van der Waals surface area contributed by atoms with Crippen molar-refractivity contribution in [3.8, 4) is 11.5 Å². The van der Waals surface area contributed by atoms with E-state index in [2.05, 4.69) is 0 Å². The number of benzene rings is 2. The Kier molecular flexibility index (Phi) is 7.35. The van der Waals surface area contributed by atoms with Gasteiger partial charge in [-0.25, -0.2) is 0 Å². The van der Waals surface area contributed by atoms with Crippen molar-refractivity contribution in [2.24, 2.45) is 5.92 Å². The molecule has 0 atom stereocenters. The lowest BCUT2D eigenvalue weighted by atomic mass is 9.94. The average Bonchev–Trinajstić information content (AvgIpc) is 2.92. The number of piperazine rings is 1. The van der Waals surface area contributed by atoms with E-state index in [0.29, 0.717) is 74.7 Å². The molecule has 2 aromatic rings. The van der Waals surface area contributed by atoms with Gasteiger partial charge in [-0.15, -0.1) is 0 Å². The molecule has 0 bridgehead atoms. The lowest BCUT2D eigenvalue weighted by Gasteiger charge is -2.38. The topological polar surface area (TPSA) is 79.4 Å². The number of ether oxygens (including phenoxy) is 2. The van der Waals surface area contributed by atoms with Crippen molar-refractivity contribution in [2.45, 2.75) is 12.8 Å². The van der Waals surface area contributed by atoms with Crippen LogP contribution in [0.3, 0.4) is 0 Å². The number of rotatable bonds is 5. The summed E-state index contributed by atoms with van der Waals surface area (Å²) in [6, 6.07) is 14.4. The SMILES string of the molecule is COc1cc(OC)cc(C(=O)N2CCC(C(=O)N3CCN(C(=O)c4ccccc4)CC3)CC2)c1. The van der Waals surface area contributed by atoms with Gasteiger partial charge in [-0.3, -0.25) is 14.4 Å². The second-order valence-electron chi connectivity index (χ2n) is 8.65. The van der Waals surface area contributed by atoms with Gasteiger partial charge in [0.25, 0.3) is 11.8 Å². The largest absolute Gasteiger partial charge is 0.497 e. The number of piperidine rings is 1. The van der Waals surface area contributed by atoms with Gasteiger partial charge < -0.3 is 24.2 Å². The molecular weight excluding hydrogens is 434 g/mol. The van der Waals surface area contributed by atoms with E-state index in [0.717, 1.165) is 0 Å². The van der Waals surface area contributed by atoms with Gasteiger partial charge in [0, 0.05) is 62.4 Å². The molecule has 3 amide bonds. The Bertz CT molecular complexity index is 1000. The number of amides is 3. The molecule has 0 aliphatic carbocycles. The quantitative estimate of drug-likeness (QED) is 0.678. The molecule has 0 aromatic heterocycles. The number of carbonyl (C=O) groups is 3. The molecule has 0 spiro atoms. The minimum Gasteiger partial charge on any atom is -0.497 e. The van der Waals surface area contributed by atoms with Crippen molar-refractivity contribution in [3.63, 3.8) is 0 Å². The zero-order chi connectivity index (χ0) is 24.1. The van der Waals surface area contributed by atoms with Gasteiger partial charge in [-0.05, 0) is 37.1 Å². The molecule has 2 heterocycles. The van der Waals surface area contributed by atoms with Crippen LogP contribution < -0.4 is 9.47 Å². The van der Waals surface area contributed by atoms with E-state index in [9.17, 15) is 14.4 Å². The Morgan fingerprint density at radius 2 is 1.18 bits per heavy atom. The normalized spacial score (nSPS) is 16.8. The van der Waals surface area contributed by atoms with Gasteiger partial charge in [-0.2, -0.15) is 0 Å². The first-order valence-electron chi connectivity index (χ1n) is 11.7. The number of carbonyl (C=O) groups excluding carboxylic acids is 3. The molecule has 8 heteroatoms. The highest BCUT2D eigenvalue weighted by Gasteiger charge is 2.33. The van der Waals surface area contributed by atoms with E-state index >= 15 is 0 Å². The first kappa shape index (κ1) is 23.6. The van der Waals surface area contributed by atoms with Crippen molar-refractivity contribution in [3.05, 3.63) is 59.7 Å². The molecule has 2 aliphatic rings. The summed E-state index contributed by atoms with van der Waals surface area (Å²) in [5.74, 6) is 1.09. The van der Waals surface area contributed by atoms with Crippen LogP contribution in [0.1, 0.15) is 33.6 Å². The fraction of sp³-hybridized carbons (Fsp3) is 0.423. The van der Waals surface area contributed by atoms with E-state index in [4.69, 9.17) is 9.47 Å². The van der Waals surface area contributed by atoms with Crippen LogP contribution >= 0.6 is 0 Å². The number of hydrogen-bond donors (Lipinski definition) is 0. The number of likely N-dealkylation sites (tertiary alicyclic amines) is 1. The summed E-state index contributed by atoms with van der Waals surface area (Å²) in [6.07, 6.45) is 1.27. The highest BCUT2D eigenvalue weighted by atomic mass is 16.5. The minimum absolute atomic E-state index is 0.00805. The van der Waals surface area contributed by atoms with E-state index in [-0.39, 0.29) is 23.6 Å². The maximum absolute atomic E-state index is 13.1. The summed E-state index contributed by atoms with van der Waals surface area (Å²) in [5, 5.41) is 0. The lowest BCUT2D eigenvalue weighted by Crippen LogP contribution is -2.53. The maximum Gasteiger partial charge on any atom is 0.254 e. The van der Waals surface area contributed by atoms with E-state index < -0.39 is 0 Å². The van der Waals surface area contributed by atoms with E-state index in [1.54, 1.807) is 37.3 Å². The van der Waals surface area contributed by atoms with Gasteiger partial charge >= 0.3 is 0 Å².